The van der Waals surface area contributed by atoms with Crippen LogP contribution in [-0.2, 0) is 9.59 Å². The lowest BCUT2D eigenvalue weighted by molar-refractivity contribution is -0.128. The maximum absolute atomic E-state index is 13.0. The largest absolute Gasteiger partial charge is 0.491 e. The number of aryl methyl sites for hydroxylation is 1. The lowest BCUT2D eigenvalue weighted by atomic mass is 9.84. The summed E-state index contributed by atoms with van der Waals surface area (Å²) in [5, 5.41) is 16.6. The third-order valence-electron chi connectivity index (χ3n) is 5.47. The van der Waals surface area contributed by atoms with Gasteiger partial charge in [-0.1, -0.05) is 53.0 Å². The molecule has 1 saturated heterocycles. The number of anilines is 1. The number of aliphatic hydroxyl groups is 1. The molecule has 0 radical (unpaired) electrons. The lowest BCUT2D eigenvalue weighted by Crippen LogP contribution is -2.43. The van der Waals surface area contributed by atoms with Crippen LogP contribution in [0.3, 0.4) is 0 Å². The number of nitrogens with one attached hydrogen (secondary N) is 2. The molecule has 190 valence electrons. The zero-order valence-corrected chi connectivity index (χ0v) is 21.9. The second-order valence-electron chi connectivity index (χ2n) is 8.24. The van der Waals surface area contributed by atoms with Crippen LogP contribution in [0.15, 0.2) is 66.7 Å². The molecule has 36 heavy (non-hydrogen) atoms. The van der Waals surface area contributed by atoms with Gasteiger partial charge in [-0.2, -0.15) is 0 Å². The van der Waals surface area contributed by atoms with E-state index in [-0.39, 0.29) is 31.4 Å². The third-order valence-corrected chi connectivity index (χ3v) is 6.17. The average molecular weight is 550 g/mol. The molecule has 0 saturated carbocycles. The first-order chi connectivity index (χ1) is 17.3. The summed E-state index contributed by atoms with van der Waals surface area (Å²) >= 11 is 17.8. The van der Waals surface area contributed by atoms with Crippen molar-refractivity contribution < 1.29 is 19.4 Å². The van der Waals surface area contributed by atoms with Crippen LogP contribution in [0.25, 0.3) is 0 Å². The van der Waals surface area contributed by atoms with E-state index in [0.29, 0.717) is 33.5 Å². The van der Waals surface area contributed by atoms with Crippen molar-refractivity contribution >= 4 is 52.3 Å². The highest BCUT2D eigenvalue weighted by atomic mass is 35.5. The summed E-state index contributed by atoms with van der Waals surface area (Å²) in [5.74, 6) is -0.442. The molecule has 3 aromatic rings. The number of amides is 2. The number of benzene rings is 3. The van der Waals surface area contributed by atoms with Gasteiger partial charge in [-0.15, -0.1) is 0 Å². The van der Waals surface area contributed by atoms with Gasteiger partial charge >= 0.3 is 0 Å². The summed E-state index contributed by atoms with van der Waals surface area (Å²) in [6.45, 7) is 1.96. The fraction of sp³-hybridized carbons (Fsp3) is 0.259. The number of aliphatic hydroxyl groups excluding tert-OH is 1. The van der Waals surface area contributed by atoms with Gasteiger partial charge in [0.05, 0.1) is 18.6 Å². The molecule has 0 aromatic heterocycles. The molecule has 9 heteroatoms. The van der Waals surface area contributed by atoms with Crippen molar-refractivity contribution in [2.24, 2.45) is 5.92 Å². The maximum atomic E-state index is 13.0. The van der Waals surface area contributed by atoms with E-state index >= 15 is 0 Å². The molecule has 2 amide bonds. The van der Waals surface area contributed by atoms with Gasteiger partial charge in [0.15, 0.2) is 0 Å². The minimum Gasteiger partial charge on any atom is -0.491 e. The standard InChI is InChI=1S/C20H20Cl2N2O4.C7H7Cl/c21-12-2-1-3-14(10-12)23-20(27)15-5-7-18(26)24-19(15)16-11-13(22)4-6-17(16)28-9-8-25;1-6-3-2-4-7(8)5-6/h1-4,6,10-11,15,19,25H,5,7-9H2,(H,23,27)(H,24,26);2-5H,1H3/t15?,19-;/m0./s1. The highest BCUT2D eigenvalue weighted by Gasteiger charge is 2.36. The molecule has 0 spiro atoms. The maximum Gasteiger partial charge on any atom is 0.229 e. The van der Waals surface area contributed by atoms with E-state index in [1.54, 1.807) is 42.5 Å². The molecular weight excluding hydrogens is 523 g/mol. The van der Waals surface area contributed by atoms with Gasteiger partial charge in [0.25, 0.3) is 0 Å². The van der Waals surface area contributed by atoms with Crippen LogP contribution in [0.4, 0.5) is 5.69 Å². The summed E-state index contributed by atoms with van der Waals surface area (Å²) in [5.41, 5.74) is 2.38. The zero-order chi connectivity index (χ0) is 26.1. The van der Waals surface area contributed by atoms with Crippen LogP contribution in [0.2, 0.25) is 15.1 Å². The topological polar surface area (TPSA) is 87.7 Å². The molecule has 1 heterocycles. The molecule has 1 fully saturated rings. The number of rotatable bonds is 6. The second-order valence-corrected chi connectivity index (χ2v) is 9.55. The number of carbonyl (C=O) groups is 2. The van der Waals surface area contributed by atoms with Crippen molar-refractivity contribution in [3.8, 4) is 5.75 Å². The minimum atomic E-state index is -0.604. The third kappa shape index (κ3) is 8.14. The molecule has 0 aliphatic carbocycles. The molecule has 1 unspecified atom stereocenters. The first-order valence-electron chi connectivity index (χ1n) is 11.4. The van der Waals surface area contributed by atoms with Gasteiger partial charge in [-0.25, -0.2) is 0 Å². The molecule has 3 N–H and O–H groups in total. The number of hydrogen-bond acceptors (Lipinski definition) is 4. The Labute approximate surface area is 225 Å². The van der Waals surface area contributed by atoms with Crippen molar-refractivity contribution in [2.75, 3.05) is 18.5 Å². The summed E-state index contributed by atoms with van der Waals surface area (Å²) in [4.78, 5) is 25.0. The van der Waals surface area contributed by atoms with Gasteiger partial charge in [0.2, 0.25) is 11.8 Å². The van der Waals surface area contributed by atoms with Crippen LogP contribution < -0.4 is 15.4 Å². The monoisotopic (exact) mass is 548 g/mol. The van der Waals surface area contributed by atoms with Gasteiger partial charge in [0, 0.05) is 32.7 Å². The highest BCUT2D eigenvalue weighted by molar-refractivity contribution is 6.31. The number of hydrogen-bond donors (Lipinski definition) is 3. The number of carbonyl (C=O) groups excluding carboxylic acids is 2. The van der Waals surface area contributed by atoms with Crippen molar-refractivity contribution in [3.05, 3.63) is 92.9 Å². The molecule has 1 aliphatic rings. The highest BCUT2D eigenvalue weighted by Crippen LogP contribution is 2.37. The van der Waals surface area contributed by atoms with Crippen LogP contribution in [0.5, 0.6) is 5.75 Å². The van der Waals surface area contributed by atoms with Gasteiger partial charge in [-0.05, 0) is 67.4 Å². The molecule has 2 atom stereocenters. The van der Waals surface area contributed by atoms with E-state index in [0.717, 1.165) is 5.02 Å². The van der Waals surface area contributed by atoms with Crippen LogP contribution in [0.1, 0.15) is 30.0 Å². The number of piperidine rings is 1. The van der Waals surface area contributed by atoms with Gasteiger partial charge < -0.3 is 20.5 Å². The first kappa shape index (κ1) is 27.8. The van der Waals surface area contributed by atoms with Crippen molar-refractivity contribution in [2.45, 2.75) is 25.8 Å². The summed E-state index contributed by atoms with van der Waals surface area (Å²) < 4.78 is 5.58. The molecular formula is C27H27Cl3N2O4. The number of ether oxygens (including phenoxy) is 1. The minimum absolute atomic E-state index is 0.0919. The van der Waals surface area contributed by atoms with Gasteiger partial charge in [0.1, 0.15) is 12.4 Å². The van der Waals surface area contributed by atoms with Crippen LogP contribution >= 0.6 is 34.8 Å². The van der Waals surface area contributed by atoms with E-state index in [9.17, 15) is 9.59 Å². The molecule has 3 aromatic carbocycles. The van der Waals surface area contributed by atoms with E-state index in [2.05, 4.69) is 10.6 Å². The summed E-state index contributed by atoms with van der Waals surface area (Å²) in [6, 6.07) is 19.0. The second kappa shape index (κ2) is 13.5. The fourth-order valence-corrected chi connectivity index (χ4v) is 4.45. The average Bonchev–Trinajstić information content (AvgIpc) is 2.83. The Kier molecular flexibility index (Phi) is 10.4. The normalized spacial score (nSPS) is 16.9. The molecule has 1 aliphatic heterocycles. The lowest BCUT2D eigenvalue weighted by Gasteiger charge is -2.32. The number of halogens is 3. The molecule has 6 nitrogen and oxygen atoms in total. The van der Waals surface area contributed by atoms with Crippen molar-refractivity contribution in [1.82, 2.24) is 5.32 Å². The predicted octanol–water partition coefficient (Wildman–Crippen LogP) is 6.22. The van der Waals surface area contributed by atoms with Crippen LogP contribution in [-0.4, -0.2) is 30.1 Å². The van der Waals surface area contributed by atoms with Crippen LogP contribution in [0, 0.1) is 12.8 Å². The fourth-order valence-electron chi connectivity index (χ4n) is 3.83. The Morgan fingerprint density at radius 3 is 2.36 bits per heavy atom. The smallest absolute Gasteiger partial charge is 0.229 e. The van der Waals surface area contributed by atoms with E-state index in [4.69, 9.17) is 44.6 Å². The predicted molar refractivity (Wildman–Crippen MR) is 144 cm³/mol. The molecule has 0 bridgehead atoms. The Morgan fingerprint density at radius 1 is 1.03 bits per heavy atom. The Balaban J connectivity index is 0.000000383. The van der Waals surface area contributed by atoms with Gasteiger partial charge in [-0.3, -0.25) is 9.59 Å². The van der Waals surface area contributed by atoms with E-state index in [1.165, 1.54) is 5.56 Å². The quantitative estimate of drug-likeness (QED) is 0.341. The Hall–Kier alpha value is -2.77. The molecule has 4 rings (SSSR count). The van der Waals surface area contributed by atoms with E-state index in [1.807, 2.05) is 31.2 Å². The zero-order valence-electron chi connectivity index (χ0n) is 19.6. The van der Waals surface area contributed by atoms with Crippen molar-refractivity contribution in [1.29, 1.82) is 0 Å². The Morgan fingerprint density at radius 2 is 1.72 bits per heavy atom. The van der Waals surface area contributed by atoms with E-state index < -0.39 is 12.0 Å². The summed E-state index contributed by atoms with van der Waals surface area (Å²) in [6.07, 6.45) is 0.631. The van der Waals surface area contributed by atoms with Crippen molar-refractivity contribution in [3.63, 3.8) is 0 Å². The first-order valence-corrected chi connectivity index (χ1v) is 12.5. The summed E-state index contributed by atoms with van der Waals surface area (Å²) in [7, 11) is 0. The Bertz CT molecular complexity index is 1190. The SMILES string of the molecule is Cc1cccc(Cl)c1.O=C1CCC(C(=O)Nc2cccc(Cl)c2)[C@@H](c2cc(Cl)ccc2OCCO)N1.